The van der Waals surface area contributed by atoms with Gasteiger partial charge in [0, 0.05) is 0 Å². The molecule has 0 spiro atoms. The summed E-state index contributed by atoms with van der Waals surface area (Å²) in [6, 6.07) is 0. The number of hydrogen-bond acceptors (Lipinski definition) is 11. The van der Waals surface area contributed by atoms with Gasteiger partial charge in [0.05, 0.1) is 13.2 Å². The fourth-order valence-electron chi connectivity index (χ4n) is 2.57. The molecule has 0 amide bonds. The van der Waals surface area contributed by atoms with Crippen LogP contribution in [0.25, 0.3) is 0 Å². The zero-order valence-electron chi connectivity index (χ0n) is 12.0. The van der Waals surface area contributed by atoms with Crippen molar-refractivity contribution in [2.75, 3.05) is 13.2 Å². The molecule has 23 heavy (non-hydrogen) atoms. The molecule has 0 aliphatic carbocycles. The maximum Gasteiger partial charge on any atom is 0.187 e. The summed E-state index contributed by atoms with van der Waals surface area (Å²) in [4.78, 5) is 0. The first-order valence-corrected chi connectivity index (χ1v) is 7.08. The van der Waals surface area contributed by atoms with Crippen molar-refractivity contribution in [3.05, 3.63) is 0 Å². The van der Waals surface area contributed by atoms with Gasteiger partial charge in [0.1, 0.15) is 48.8 Å². The van der Waals surface area contributed by atoms with Gasteiger partial charge in [-0.25, -0.2) is 0 Å². The van der Waals surface area contributed by atoms with Crippen LogP contribution in [-0.2, 0) is 14.2 Å². The van der Waals surface area contributed by atoms with Crippen LogP contribution in [0.2, 0.25) is 0 Å². The zero-order valence-corrected chi connectivity index (χ0v) is 12.0. The summed E-state index contributed by atoms with van der Waals surface area (Å²) >= 11 is 0. The van der Waals surface area contributed by atoms with E-state index in [1.807, 2.05) is 0 Å². The van der Waals surface area contributed by atoms with Crippen LogP contribution in [-0.4, -0.2) is 115 Å². The molecule has 2 saturated heterocycles. The minimum absolute atomic E-state index is 0.667. The molecule has 2 aliphatic rings. The molecule has 0 bridgehead atoms. The molecule has 11 heteroatoms. The van der Waals surface area contributed by atoms with Crippen molar-refractivity contribution in [1.29, 1.82) is 0 Å². The van der Waals surface area contributed by atoms with Crippen LogP contribution in [0.1, 0.15) is 0 Å². The Labute approximate surface area is 130 Å². The molecule has 2 heterocycles. The fraction of sp³-hybridized carbons (Fsp3) is 1.00. The average molecular weight is 342 g/mol. The molecule has 2 fully saturated rings. The molecule has 0 unspecified atom stereocenters. The monoisotopic (exact) mass is 342 g/mol. The highest BCUT2D eigenvalue weighted by Crippen LogP contribution is 2.28. The molecule has 10 atom stereocenters. The first-order chi connectivity index (χ1) is 10.8. The highest BCUT2D eigenvalue weighted by Gasteiger charge is 2.50. The Kier molecular flexibility index (Phi) is 6.27. The predicted molar refractivity (Wildman–Crippen MR) is 68.6 cm³/mol. The van der Waals surface area contributed by atoms with Gasteiger partial charge in [-0.3, -0.25) is 0 Å². The maximum absolute atomic E-state index is 9.94. The molecule has 2 rings (SSSR count). The minimum atomic E-state index is -1.74. The van der Waals surface area contributed by atoms with Crippen molar-refractivity contribution in [3.63, 3.8) is 0 Å². The third kappa shape index (κ3) is 3.65. The van der Waals surface area contributed by atoms with Gasteiger partial charge in [-0.05, 0) is 0 Å². The van der Waals surface area contributed by atoms with Crippen molar-refractivity contribution < 1.29 is 55.1 Å². The summed E-state index contributed by atoms with van der Waals surface area (Å²) in [5, 5.41) is 76.5. The van der Waals surface area contributed by atoms with Crippen LogP contribution in [0.15, 0.2) is 0 Å². The maximum atomic E-state index is 9.94. The lowest BCUT2D eigenvalue weighted by Crippen LogP contribution is -2.64. The molecular weight excluding hydrogens is 320 g/mol. The second-order valence-electron chi connectivity index (χ2n) is 5.53. The Morgan fingerprint density at radius 1 is 0.652 bits per heavy atom. The van der Waals surface area contributed by atoms with E-state index in [1.165, 1.54) is 0 Å². The van der Waals surface area contributed by atoms with Crippen LogP contribution in [0.3, 0.4) is 0 Å². The summed E-state index contributed by atoms with van der Waals surface area (Å²) in [7, 11) is 0. The molecule has 0 aromatic heterocycles. The summed E-state index contributed by atoms with van der Waals surface area (Å²) in [5.41, 5.74) is 0. The van der Waals surface area contributed by atoms with Crippen molar-refractivity contribution in [2.45, 2.75) is 61.4 Å². The molecule has 0 radical (unpaired) electrons. The Bertz CT molecular complexity index is 378. The van der Waals surface area contributed by atoms with Gasteiger partial charge in [-0.2, -0.15) is 0 Å². The van der Waals surface area contributed by atoms with Gasteiger partial charge in [0.25, 0.3) is 0 Å². The Hall–Kier alpha value is -0.440. The highest BCUT2D eigenvalue weighted by atomic mass is 16.7. The van der Waals surface area contributed by atoms with Gasteiger partial charge < -0.3 is 55.1 Å². The van der Waals surface area contributed by atoms with Crippen molar-refractivity contribution >= 4 is 0 Å². The molecule has 8 N–H and O–H groups in total. The van der Waals surface area contributed by atoms with Crippen LogP contribution < -0.4 is 0 Å². The quantitative estimate of drug-likeness (QED) is 0.243. The fourth-order valence-corrected chi connectivity index (χ4v) is 2.57. The second kappa shape index (κ2) is 7.63. The first kappa shape index (κ1) is 18.9. The summed E-state index contributed by atoms with van der Waals surface area (Å²) in [6.07, 6.45) is -15.6. The van der Waals surface area contributed by atoms with E-state index in [-0.39, 0.29) is 0 Å². The molecule has 2 aliphatic heterocycles. The van der Waals surface area contributed by atoms with E-state index in [2.05, 4.69) is 0 Å². The SMILES string of the molecule is OC[C@@H]1O[C@H](O[C@H]2[C@@H](O)[C@@H](O)[C@@H](O)O[C@@H]2CO)[C@H](O)[C@H](O)[C@@H]1O. The molecule has 136 valence electrons. The summed E-state index contributed by atoms with van der Waals surface area (Å²) in [6.45, 7) is -1.35. The number of rotatable bonds is 4. The normalized spacial score (nSPS) is 51.7. The smallest absolute Gasteiger partial charge is 0.187 e. The molecular formula is C12H22O11. The van der Waals surface area contributed by atoms with E-state index in [0.29, 0.717) is 0 Å². The van der Waals surface area contributed by atoms with Crippen LogP contribution in [0.4, 0.5) is 0 Å². The average Bonchev–Trinajstić information content (AvgIpc) is 2.55. The standard InChI is InChI=1S/C12H22O11/c13-1-3-5(15)6(16)9(19)12(22-3)23-10-4(2-14)21-11(20)8(18)7(10)17/h3-20H,1-2H2/t3-,4+,5+,6+,7-,8+,9+,10+,11-,12+/m0/s1. The second-order valence-corrected chi connectivity index (χ2v) is 5.53. The first-order valence-electron chi connectivity index (χ1n) is 7.08. The third-order valence-corrected chi connectivity index (χ3v) is 3.98. The van der Waals surface area contributed by atoms with E-state index in [1.54, 1.807) is 0 Å². The summed E-state index contributed by atoms with van der Waals surface area (Å²) in [5.74, 6) is 0. The van der Waals surface area contributed by atoms with Crippen LogP contribution in [0, 0.1) is 0 Å². The number of ether oxygens (including phenoxy) is 3. The highest BCUT2D eigenvalue weighted by molar-refractivity contribution is 4.93. The number of hydrogen-bond donors (Lipinski definition) is 8. The van der Waals surface area contributed by atoms with Gasteiger partial charge >= 0.3 is 0 Å². The zero-order chi connectivity index (χ0) is 17.3. The van der Waals surface area contributed by atoms with Crippen LogP contribution in [0.5, 0.6) is 0 Å². The molecule has 11 nitrogen and oxygen atoms in total. The van der Waals surface area contributed by atoms with E-state index in [9.17, 15) is 35.7 Å². The van der Waals surface area contributed by atoms with Crippen molar-refractivity contribution in [2.24, 2.45) is 0 Å². The van der Waals surface area contributed by atoms with E-state index in [0.717, 1.165) is 0 Å². The van der Waals surface area contributed by atoms with E-state index >= 15 is 0 Å². The van der Waals surface area contributed by atoms with Crippen LogP contribution >= 0.6 is 0 Å². The van der Waals surface area contributed by atoms with Crippen molar-refractivity contribution in [3.8, 4) is 0 Å². The lowest BCUT2D eigenvalue weighted by Gasteiger charge is -2.45. The van der Waals surface area contributed by atoms with Gasteiger partial charge in [-0.15, -0.1) is 0 Å². The lowest BCUT2D eigenvalue weighted by atomic mass is 9.97. The third-order valence-electron chi connectivity index (χ3n) is 3.98. The molecule has 0 aromatic rings. The van der Waals surface area contributed by atoms with Gasteiger partial charge in [-0.1, -0.05) is 0 Å². The molecule has 0 aromatic carbocycles. The number of aliphatic hydroxyl groups excluding tert-OH is 8. The van der Waals surface area contributed by atoms with Crippen molar-refractivity contribution in [1.82, 2.24) is 0 Å². The van der Waals surface area contributed by atoms with Gasteiger partial charge in [0.2, 0.25) is 0 Å². The summed E-state index contributed by atoms with van der Waals surface area (Å²) < 4.78 is 15.3. The molecule has 0 saturated carbocycles. The largest absolute Gasteiger partial charge is 0.394 e. The Morgan fingerprint density at radius 2 is 1.26 bits per heavy atom. The van der Waals surface area contributed by atoms with E-state index < -0.39 is 74.6 Å². The van der Waals surface area contributed by atoms with E-state index in [4.69, 9.17) is 19.3 Å². The topological polar surface area (TPSA) is 190 Å². The number of aliphatic hydroxyl groups is 8. The lowest BCUT2D eigenvalue weighted by molar-refractivity contribution is -0.355. The predicted octanol–water partition coefficient (Wildman–Crippen LogP) is -5.40. The van der Waals surface area contributed by atoms with Gasteiger partial charge in [0.15, 0.2) is 12.6 Å². The minimum Gasteiger partial charge on any atom is -0.394 e. The Balaban J connectivity index is 2.11. The Morgan fingerprint density at radius 3 is 1.83 bits per heavy atom.